The minimum atomic E-state index is -0.258. The molecule has 8 nitrogen and oxygen atoms in total. The van der Waals surface area contributed by atoms with E-state index >= 15 is 0 Å². The molecule has 0 radical (unpaired) electrons. The molecule has 8 heteroatoms. The van der Waals surface area contributed by atoms with Gasteiger partial charge in [-0.2, -0.15) is 4.98 Å². The number of nitrogens with zero attached hydrogens (tertiary/aromatic N) is 5. The number of fused-ring (bicyclic) bond motifs is 6. The van der Waals surface area contributed by atoms with Crippen LogP contribution in [0.2, 0.25) is 0 Å². The molecule has 1 aliphatic heterocycles. The summed E-state index contributed by atoms with van der Waals surface area (Å²) in [5.41, 5.74) is 6.51. The second kappa shape index (κ2) is 10.7. The molecule has 1 aliphatic carbocycles. The van der Waals surface area contributed by atoms with E-state index < -0.39 is 0 Å². The molecular formula is C32H32N6O2. The molecular weight excluding hydrogens is 500 g/mol. The lowest BCUT2D eigenvalue weighted by molar-refractivity contribution is -0.121. The summed E-state index contributed by atoms with van der Waals surface area (Å²) >= 11 is 0. The number of benzene rings is 3. The first-order valence-electron chi connectivity index (χ1n) is 14.0. The van der Waals surface area contributed by atoms with E-state index in [0.717, 1.165) is 77.6 Å². The average Bonchev–Trinajstić information content (AvgIpc) is 3.54. The summed E-state index contributed by atoms with van der Waals surface area (Å²) in [7, 11) is 0. The highest BCUT2D eigenvalue weighted by Crippen LogP contribution is 2.44. The van der Waals surface area contributed by atoms with Crippen LogP contribution < -0.4 is 10.2 Å². The molecule has 40 heavy (non-hydrogen) atoms. The van der Waals surface area contributed by atoms with Gasteiger partial charge in [-0.05, 0) is 40.5 Å². The van der Waals surface area contributed by atoms with Crippen molar-refractivity contribution >= 4 is 28.5 Å². The molecule has 202 valence electrons. The van der Waals surface area contributed by atoms with Gasteiger partial charge in [0.2, 0.25) is 11.7 Å². The maximum atomic E-state index is 13.1. The number of carbonyl (C=O) groups is 1. The first kappa shape index (κ1) is 24.7. The van der Waals surface area contributed by atoms with Crippen LogP contribution in [0.5, 0.6) is 0 Å². The summed E-state index contributed by atoms with van der Waals surface area (Å²) in [6.45, 7) is 6.30. The van der Waals surface area contributed by atoms with Crippen molar-refractivity contribution in [2.75, 3.05) is 57.4 Å². The fourth-order valence-corrected chi connectivity index (χ4v) is 6.00. The molecule has 0 spiro atoms. The Labute approximate surface area is 233 Å². The maximum Gasteiger partial charge on any atom is 0.236 e. The number of anilines is 1. The predicted octanol–water partition coefficient (Wildman–Crippen LogP) is 3.95. The van der Waals surface area contributed by atoms with Crippen molar-refractivity contribution in [3.05, 3.63) is 96.2 Å². The van der Waals surface area contributed by atoms with Gasteiger partial charge in [0.15, 0.2) is 0 Å². The van der Waals surface area contributed by atoms with Crippen LogP contribution in [-0.4, -0.2) is 77.7 Å². The van der Waals surface area contributed by atoms with Gasteiger partial charge in [0.05, 0.1) is 30.2 Å². The van der Waals surface area contributed by atoms with Gasteiger partial charge in [-0.15, -0.1) is 0 Å². The molecule has 0 unspecified atom stereocenters. The molecule has 1 fully saturated rings. The first-order valence-corrected chi connectivity index (χ1v) is 14.0. The highest BCUT2D eigenvalue weighted by molar-refractivity contribution is 5.96. The number of carbonyl (C=O) groups excluding carboxylic acids is 1. The second-order valence-corrected chi connectivity index (χ2v) is 10.4. The molecule has 2 aromatic heterocycles. The van der Waals surface area contributed by atoms with E-state index in [1.165, 1.54) is 0 Å². The molecule has 5 aromatic rings. The molecule has 0 atom stereocenters. The van der Waals surface area contributed by atoms with E-state index in [1.54, 1.807) is 0 Å². The van der Waals surface area contributed by atoms with Crippen molar-refractivity contribution in [1.29, 1.82) is 0 Å². The molecule has 3 heterocycles. The van der Waals surface area contributed by atoms with Gasteiger partial charge in [0.25, 0.3) is 0 Å². The number of imidazole rings is 1. The predicted molar refractivity (Wildman–Crippen MR) is 157 cm³/mol. The van der Waals surface area contributed by atoms with E-state index in [0.29, 0.717) is 19.8 Å². The second-order valence-electron chi connectivity index (χ2n) is 10.4. The lowest BCUT2D eigenvalue weighted by Crippen LogP contribution is -2.47. The number of para-hydroxylation sites is 2. The monoisotopic (exact) mass is 532 g/mol. The van der Waals surface area contributed by atoms with Crippen LogP contribution in [-0.2, 0) is 9.53 Å². The Morgan fingerprint density at radius 3 is 2.30 bits per heavy atom. The molecule has 3 aromatic carbocycles. The highest BCUT2D eigenvalue weighted by Gasteiger charge is 2.33. The third kappa shape index (κ3) is 4.59. The van der Waals surface area contributed by atoms with Crippen molar-refractivity contribution in [1.82, 2.24) is 24.6 Å². The van der Waals surface area contributed by atoms with Crippen LogP contribution >= 0.6 is 0 Å². The Bertz CT molecular complexity index is 1630. The number of amides is 1. The standard InChI is InChI=1S/C32H32N6O2/c39-31(30-25-9-3-1-7-23(25)24-8-2-4-10-26(24)30)33-14-21-40-22-20-36-16-18-37(19-17-36)29-13-15-38-28-12-6-5-11-27(28)34-32(38)35-29/h1-13,15,30H,14,16-22H2,(H,33,39). The van der Waals surface area contributed by atoms with Crippen molar-refractivity contribution < 1.29 is 9.53 Å². The van der Waals surface area contributed by atoms with Gasteiger partial charge < -0.3 is 15.0 Å². The number of rotatable bonds is 8. The lowest BCUT2D eigenvalue weighted by Gasteiger charge is -2.35. The summed E-state index contributed by atoms with van der Waals surface area (Å²) in [6.07, 6.45) is 2.07. The Balaban J connectivity index is 0.853. The Morgan fingerprint density at radius 2 is 1.52 bits per heavy atom. The summed E-state index contributed by atoms with van der Waals surface area (Å²) in [6, 6.07) is 26.6. The number of hydrogen-bond donors (Lipinski definition) is 1. The zero-order valence-electron chi connectivity index (χ0n) is 22.4. The van der Waals surface area contributed by atoms with Gasteiger partial charge >= 0.3 is 0 Å². The molecule has 0 saturated carbocycles. The number of nitrogens with one attached hydrogen (secondary N) is 1. The van der Waals surface area contributed by atoms with Gasteiger partial charge in [0, 0.05) is 45.5 Å². The smallest absolute Gasteiger partial charge is 0.236 e. The minimum absolute atomic E-state index is 0.0346. The Kier molecular flexibility index (Phi) is 6.63. The quantitative estimate of drug-likeness (QED) is 0.305. The van der Waals surface area contributed by atoms with Gasteiger partial charge in [-0.3, -0.25) is 14.1 Å². The minimum Gasteiger partial charge on any atom is -0.378 e. The zero-order chi connectivity index (χ0) is 26.9. The van der Waals surface area contributed by atoms with E-state index in [-0.39, 0.29) is 11.8 Å². The molecule has 2 aliphatic rings. The third-order valence-corrected chi connectivity index (χ3v) is 8.05. The van der Waals surface area contributed by atoms with Crippen LogP contribution in [0, 0.1) is 0 Å². The van der Waals surface area contributed by atoms with E-state index in [2.05, 4.69) is 62.7 Å². The third-order valence-electron chi connectivity index (χ3n) is 8.05. The van der Waals surface area contributed by atoms with Crippen LogP contribution in [0.15, 0.2) is 85.1 Å². The van der Waals surface area contributed by atoms with Crippen molar-refractivity contribution in [2.24, 2.45) is 0 Å². The van der Waals surface area contributed by atoms with E-state index in [1.807, 2.05) is 46.9 Å². The van der Waals surface area contributed by atoms with Crippen LogP contribution in [0.1, 0.15) is 17.0 Å². The topological polar surface area (TPSA) is 75.0 Å². The Hall–Kier alpha value is -4.27. The van der Waals surface area contributed by atoms with Crippen molar-refractivity contribution in [2.45, 2.75) is 5.92 Å². The molecule has 1 saturated heterocycles. The maximum absolute atomic E-state index is 13.1. The SMILES string of the molecule is O=C(NCCOCCN1CCN(c2ccn3c(n2)nc2ccccc23)CC1)C1c2ccccc2-c2ccccc21. The Morgan fingerprint density at radius 1 is 0.825 bits per heavy atom. The average molecular weight is 533 g/mol. The number of hydrogen-bond acceptors (Lipinski definition) is 6. The summed E-state index contributed by atoms with van der Waals surface area (Å²) in [5, 5.41) is 3.09. The lowest BCUT2D eigenvalue weighted by atomic mass is 9.96. The van der Waals surface area contributed by atoms with Crippen LogP contribution in [0.25, 0.3) is 27.9 Å². The molecule has 1 amide bonds. The summed E-state index contributed by atoms with van der Waals surface area (Å²) in [5.74, 6) is 1.49. The fraction of sp³-hybridized carbons (Fsp3) is 0.281. The number of aromatic nitrogens is 3. The van der Waals surface area contributed by atoms with E-state index in [4.69, 9.17) is 9.72 Å². The van der Waals surface area contributed by atoms with Gasteiger partial charge in [-0.25, -0.2) is 4.98 Å². The largest absolute Gasteiger partial charge is 0.378 e. The van der Waals surface area contributed by atoms with Gasteiger partial charge in [0.1, 0.15) is 5.82 Å². The van der Waals surface area contributed by atoms with Crippen molar-refractivity contribution in [3.8, 4) is 11.1 Å². The van der Waals surface area contributed by atoms with E-state index in [9.17, 15) is 4.79 Å². The highest BCUT2D eigenvalue weighted by atomic mass is 16.5. The number of ether oxygens (including phenoxy) is 1. The molecule has 0 bridgehead atoms. The number of piperazine rings is 1. The fourth-order valence-electron chi connectivity index (χ4n) is 6.00. The molecule has 7 rings (SSSR count). The van der Waals surface area contributed by atoms with Gasteiger partial charge in [-0.1, -0.05) is 60.7 Å². The summed E-state index contributed by atoms with van der Waals surface area (Å²) < 4.78 is 7.93. The van der Waals surface area contributed by atoms with Crippen molar-refractivity contribution in [3.63, 3.8) is 0 Å². The first-order chi connectivity index (χ1) is 19.8. The summed E-state index contributed by atoms with van der Waals surface area (Å²) in [4.78, 5) is 27.4. The normalized spacial score (nSPS) is 15.4. The zero-order valence-corrected chi connectivity index (χ0v) is 22.4. The molecule has 1 N–H and O–H groups in total. The van der Waals surface area contributed by atoms with Crippen LogP contribution in [0.4, 0.5) is 5.82 Å². The van der Waals surface area contributed by atoms with Crippen LogP contribution in [0.3, 0.4) is 0 Å².